The van der Waals surface area contributed by atoms with Crippen molar-refractivity contribution >= 4 is 28.3 Å². The Morgan fingerprint density at radius 3 is 2.67 bits per heavy atom. The first-order chi connectivity index (χ1) is 6.57. The molecule has 0 fully saturated rings. The lowest BCUT2D eigenvalue weighted by molar-refractivity contribution is 0.416. The Morgan fingerprint density at radius 1 is 1.53 bits per heavy atom. The van der Waals surface area contributed by atoms with Crippen LogP contribution in [0.25, 0.3) is 0 Å². The number of halogens is 3. The Hall–Kier alpha value is -0.320. The van der Waals surface area contributed by atoms with Crippen LogP contribution in [0.1, 0.15) is 31.4 Å². The highest BCUT2D eigenvalue weighted by Crippen LogP contribution is 2.32. The van der Waals surface area contributed by atoms with Crippen molar-refractivity contribution in [2.75, 3.05) is 0 Å². The molecule has 0 aliphatic heterocycles. The Balaban J connectivity index is 0.00000196. The summed E-state index contributed by atoms with van der Waals surface area (Å²) in [7, 11) is 0. The van der Waals surface area contributed by atoms with E-state index in [1.54, 1.807) is 12.1 Å². The van der Waals surface area contributed by atoms with Gasteiger partial charge in [-0.25, -0.2) is 4.39 Å². The number of phenolic OH excluding ortho intramolecular Hbond substituents is 1. The second-order valence-corrected chi connectivity index (χ2v) is 4.05. The molecular formula is C10H14BrClFNO. The van der Waals surface area contributed by atoms with Gasteiger partial charge in [0.15, 0.2) is 11.6 Å². The first-order valence-corrected chi connectivity index (χ1v) is 5.29. The molecule has 15 heavy (non-hydrogen) atoms. The lowest BCUT2D eigenvalue weighted by Gasteiger charge is -2.13. The summed E-state index contributed by atoms with van der Waals surface area (Å²) in [5.41, 5.74) is 6.25. The second kappa shape index (κ2) is 6.30. The number of rotatable bonds is 3. The molecule has 0 bridgehead atoms. The van der Waals surface area contributed by atoms with E-state index < -0.39 is 5.82 Å². The van der Waals surface area contributed by atoms with Crippen molar-refractivity contribution in [3.05, 3.63) is 28.0 Å². The lowest BCUT2D eigenvalue weighted by Crippen LogP contribution is -2.10. The van der Waals surface area contributed by atoms with Crippen molar-refractivity contribution in [3.8, 4) is 5.75 Å². The van der Waals surface area contributed by atoms with Gasteiger partial charge in [-0.15, -0.1) is 12.4 Å². The van der Waals surface area contributed by atoms with Gasteiger partial charge in [-0.1, -0.05) is 19.4 Å². The van der Waals surface area contributed by atoms with E-state index in [-0.39, 0.29) is 28.7 Å². The van der Waals surface area contributed by atoms with Gasteiger partial charge in [0.25, 0.3) is 0 Å². The predicted octanol–water partition coefficient (Wildman–Crippen LogP) is 3.52. The summed E-state index contributed by atoms with van der Waals surface area (Å²) >= 11 is 2.99. The third-order valence-electron chi connectivity index (χ3n) is 2.10. The second-order valence-electron chi connectivity index (χ2n) is 3.19. The van der Waals surface area contributed by atoms with Crippen LogP contribution in [0.3, 0.4) is 0 Å². The summed E-state index contributed by atoms with van der Waals surface area (Å²) in [4.78, 5) is 0. The molecule has 0 amide bonds. The fourth-order valence-electron chi connectivity index (χ4n) is 1.32. The van der Waals surface area contributed by atoms with Gasteiger partial charge < -0.3 is 10.8 Å². The number of nitrogens with two attached hydrogens (primary N) is 1. The van der Waals surface area contributed by atoms with E-state index in [1.807, 2.05) is 6.92 Å². The smallest absolute Gasteiger partial charge is 0.179 e. The molecule has 3 N–H and O–H groups in total. The third kappa shape index (κ3) is 3.33. The molecule has 0 aliphatic rings. The molecule has 5 heteroatoms. The van der Waals surface area contributed by atoms with Gasteiger partial charge >= 0.3 is 0 Å². The fourth-order valence-corrected chi connectivity index (χ4v) is 1.64. The minimum absolute atomic E-state index is 0. The summed E-state index contributed by atoms with van der Waals surface area (Å²) in [5, 5.41) is 9.49. The molecule has 0 heterocycles. The van der Waals surface area contributed by atoms with E-state index in [9.17, 15) is 9.50 Å². The Morgan fingerprint density at radius 2 is 2.13 bits per heavy atom. The molecule has 0 radical (unpaired) electrons. The van der Waals surface area contributed by atoms with Gasteiger partial charge in [0.05, 0.1) is 4.47 Å². The van der Waals surface area contributed by atoms with E-state index >= 15 is 0 Å². The Labute approximate surface area is 103 Å². The highest BCUT2D eigenvalue weighted by atomic mass is 79.9. The van der Waals surface area contributed by atoms with Crippen molar-refractivity contribution in [1.82, 2.24) is 0 Å². The van der Waals surface area contributed by atoms with Crippen molar-refractivity contribution in [2.24, 2.45) is 5.73 Å². The standard InChI is InChI=1S/C10H13BrFNO.ClH/c1-2-3-8(13)6-4-5-7(11)9(12)10(6)14;/h4-5,8,14H,2-3,13H2,1H3;1H/t8-;/m0./s1. The topological polar surface area (TPSA) is 46.2 Å². The summed E-state index contributed by atoms with van der Waals surface area (Å²) in [6.45, 7) is 1.99. The minimum Gasteiger partial charge on any atom is -0.505 e. The average Bonchev–Trinajstić information content (AvgIpc) is 2.15. The molecule has 1 atom stereocenters. The van der Waals surface area contributed by atoms with Crippen LogP contribution < -0.4 is 5.73 Å². The first kappa shape index (κ1) is 14.7. The zero-order valence-corrected chi connectivity index (χ0v) is 10.7. The predicted molar refractivity (Wildman–Crippen MR) is 64.8 cm³/mol. The van der Waals surface area contributed by atoms with Crippen LogP contribution in [0.2, 0.25) is 0 Å². The van der Waals surface area contributed by atoms with E-state index in [1.165, 1.54) is 0 Å². The highest BCUT2D eigenvalue weighted by Gasteiger charge is 2.15. The zero-order chi connectivity index (χ0) is 10.7. The van der Waals surface area contributed by atoms with Gasteiger partial charge in [-0.3, -0.25) is 0 Å². The fraction of sp³-hybridized carbons (Fsp3) is 0.400. The largest absolute Gasteiger partial charge is 0.505 e. The molecule has 1 rings (SSSR count). The maximum atomic E-state index is 13.2. The van der Waals surface area contributed by atoms with Crippen molar-refractivity contribution in [1.29, 1.82) is 0 Å². The molecule has 86 valence electrons. The number of aromatic hydroxyl groups is 1. The number of benzene rings is 1. The van der Waals surface area contributed by atoms with Gasteiger partial charge in [0, 0.05) is 11.6 Å². The zero-order valence-electron chi connectivity index (χ0n) is 8.34. The number of hydrogen-bond acceptors (Lipinski definition) is 2. The van der Waals surface area contributed by atoms with E-state index in [2.05, 4.69) is 15.9 Å². The summed E-state index contributed by atoms with van der Waals surface area (Å²) in [5.74, 6) is -0.991. The van der Waals surface area contributed by atoms with Gasteiger partial charge in [0.2, 0.25) is 0 Å². The molecule has 1 aromatic rings. The summed E-state index contributed by atoms with van der Waals surface area (Å²) in [6.07, 6.45) is 1.63. The molecule has 0 saturated heterocycles. The van der Waals surface area contributed by atoms with Gasteiger partial charge in [0.1, 0.15) is 0 Å². The van der Waals surface area contributed by atoms with Gasteiger partial charge in [-0.2, -0.15) is 0 Å². The summed E-state index contributed by atoms with van der Waals surface area (Å²) < 4.78 is 13.5. The summed E-state index contributed by atoms with van der Waals surface area (Å²) in [6, 6.07) is 2.89. The van der Waals surface area contributed by atoms with Crippen molar-refractivity contribution in [2.45, 2.75) is 25.8 Å². The average molecular weight is 299 g/mol. The van der Waals surface area contributed by atoms with Crippen LogP contribution in [0.15, 0.2) is 16.6 Å². The first-order valence-electron chi connectivity index (χ1n) is 4.50. The maximum absolute atomic E-state index is 13.2. The van der Waals surface area contributed by atoms with Crippen molar-refractivity contribution in [3.63, 3.8) is 0 Å². The normalized spacial score (nSPS) is 12.0. The van der Waals surface area contributed by atoms with Gasteiger partial charge in [-0.05, 0) is 28.4 Å². The third-order valence-corrected chi connectivity index (χ3v) is 2.71. The Kier molecular flexibility index (Phi) is 6.17. The molecular weight excluding hydrogens is 284 g/mol. The highest BCUT2D eigenvalue weighted by molar-refractivity contribution is 9.10. The van der Waals surface area contributed by atoms with Crippen LogP contribution >= 0.6 is 28.3 Å². The monoisotopic (exact) mass is 297 g/mol. The number of hydrogen-bond donors (Lipinski definition) is 2. The lowest BCUT2D eigenvalue weighted by atomic mass is 10.0. The van der Waals surface area contributed by atoms with Crippen LogP contribution in [0, 0.1) is 5.82 Å². The Bertz CT molecular complexity index is 335. The minimum atomic E-state index is -0.644. The molecule has 0 aromatic heterocycles. The van der Waals surface area contributed by atoms with E-state index in [0.717, 1.165) is 12.8 Å². The maximum Gasteiger partial charge on any atom is 0.179 e. The van der Waals surface area contributed by atoms with Crippen LogP contribution in [0.4, 0.5) is 4.39 Å². The quantitative estimate of drug-likeness (QED) is 0.897. The molecule has 0 aliphatic carbocycles. The molecule has 1 aromatic carbocycles. The number of phenols is 1. The molecule has 0 saturated carbocycles. The molecule has 0 unspecified atom stereocenters. The SMILES string of the molecule is CCC[C@H](N)c1ccc(Br)c(F)c1O.Cl. The van der Waals surface area contributed by atoms with Crippen LogP contribution in [-0.4, -0.2) is 5.11 Å². The molecule has 2 nitrogen and oxygen atoms in total. The van der Waals surface area contributed by atoms with E-state index in [0.29, 0.717) is 5.56 Å². The molecule has 0 spiro atoms. The van der Waals surface area contributed by atoms with Crippen molar-refractivity contribution < 1.29 is 9.50 Å². The van der Waals surface area contributed by atoms with E-state index in [4.69, 9.17) is 5.73 Å². The van der Waals surface area contributed by atoms with Crippen LogP contribution in [0.5, 0.6) is 5.75 Å². The van der Waals surface area contributed by atoms with Crippen LogP contribution in [-0.2, 0) is 0 Å².